The molecule has 0 saturated carbocycles. The van der Waals surface area contributed by atoms with Crippen molar-refractivity contribution >= 4 is 11.6 Å². The minimum Gasteiger partial charge on any atom is -0.373 e. The van der Waals surface area contributed by atoms with Gasteiger partial charge in [0.25, 0.3) is 0 Å². The van der Waals surface area contributed by atoms with Crippen LogP contribution in [0.1, 0.15) is 5.56 Å². The zero-order valence-electron chi connectivity index (χ0n) is 10.8. The highest BCUT2D eigenvalue weighted by atomic mass is 19.4. The summed E-state index contributed by atoms with van der Waals surface area (Å²) in [4.78, 5) is 4.03. The van der Waals surface area contributed by atoms with Gasteiger partial charge in [-0.15, -0.1) is 0 Å². The molecular weight excluding hydrogens is 271 g/mol. The van der Waals surface area contributed by atoms with Gasteiger partial charge in [0.15, 0.2) is 0 Å². The summed E-state index contributed by atoms with van der Waals surface area (Å²) in [5.74, 6) is 0.345. The second-order valence-corrected chi connectivity index (χ2v) is 4.07. The average molecular weight is 285 g/mol. The number of hydrogen-bond acceptors (Lipinski definition) is 4. The molecule has 2 aromatic heterocycles. The number of rotatable bonds is 5. The van der Waals surface area contributed by atoms with Gasteiger partial charge in [-0.05, 0) is 18.2 Å². The molecule has 0 aromatic carbocycles. The molecule has 20 heavy (non-hydrogen) atoms. The molecule has 108 valence electrons. The van der Waals surface area contributed by atoms with Gasteiger partial charge in [0.1, 0.15) is 11.6 Å². The van der Waals surface area contributed by atoms with E-state index < -0.39 is 11.7 Å². The maximum atomic E-state index is 12.7. The predicted molar refractivity (Wildman–Crippen MR) is 69.5 cm³/mol. The van der Waals surface area contributed by atoms with Crippen LogP contribution in [-0.4, -0.2) is 28.4 Å². The van der Waals surface area contributed by atoms with Crippen LogP contribution in [0.2, 0.25) is 0 Å². The maximum absolute atomic E-state index is 12.7. The maximum Gasteiger partial charge on any atom is 0.416 e. The first-order valence-electron chi connectivity index (χ1n) is 5.97. The van der Waals surface area contributed by atoms with Gasteiger partial charge in [0.2, 0.25) is 0 Å². The summed E-state index contributed by atoms with van der Waals surface area (Å²) in [6.45, 7) is 0.971. The Labute approximate surface area is 113 Å². The van der Waals surface area contributed by atoms with Gasteiger partial charge in [-0.1, -0.05) is 0 Å². The van der Waals surface area contributed by atoms with E-state index in [0.29, 0.717) is 13.1 Å². The van der Waals surface area contributed by atoms with Crippen molar-refractivity contribution in [3.8, 4) is 0 Å². The van der Waals surface area contributed by atoms with Gasteiger partial charge >= 0.3 is 6.18 Å². The molecule has 2 N–H and O–H groups in total. The van der Waals surface area contributed by atoms with E-state index in [2.05, 4.69) is 20.7 Å². The van der Waals surface area contributed by atoms with Crippen molar-refractivity contribution in [2.24, 2.45) is 0 Å². The number of hydrogen-bond donors (Lipinski definition) is 2. The van der Waals surface area contributed by atoms with Crippen LogP contribution >= 0.6 is 0 Å². The Balaban J connectivity index is 2.06. The molecule has 0 aliphatic carbocycles. The highest BCUT2D eigenvalue weighted by molar-refractivity contribution is 5.49. The fourth-order valence-electron chi connectivity index (χ4n) is 1.64. The molecule has 0 bridgehead atoms. The number of nitrogens with one attached hydrogen (secondary N) is 2. The lowest BCUT2D eigenvalue weighted by Crippen LogP contribution is -2.14. The van der Waals surface area contributed by atoms with E-state index in [4.69, 9.17) is 0 Å². The zero-order valence-corrected chi connectivity index (χ0v) is 10.8. The van der Waals surface area contributed by atoms with Crippen LogP contribution in [0.25, 0.3) is 0 Å². The fraction of sp³-hybridized carbons (Fsp3) is 0.333. The van der Waals surface area contributed by atoms with Crippen molar-refractivity contribution in [2.75, 3.05) is 24.2 Å². The van der Waals surface area contributed by atoms with Crippen LogP contribution < -0.4 is 10.6 Å². The number of anilines is 2. The average Bonchev–Trinajstić information content (AvgIpc) is 2.90. The minimum atomic E-state index is -4.40. The lowest BCUT2D eigenvalue weighted by atomic mass is 10.2. The molecular formula is C12H14F3N5. The Morgan fingerprint density at radius 3 is 2.60 bits per heavy atom. The van der Waals surface area contributed by atoms with Crippen LogP contribution in [-0.2, 0) is 12.7 Å². The Hall–Kier alpha value is -2.25. The van der Waals surface area contributed by atoms with E-state index in [9.17, 15) is 13.2 Å². The smallest absolute Gasteiger partial charge is 0.373 e. The highest BCUT2D eigenvalue weighted by Crippen LogP contribution is 2.31. The molecule has 2 heterocycles. The first-order valence-corrected chi connectivity index (χ1v) is 5.97. The molecule has 0 atom stereocenters. The van der Waals surface area contributed by atoms with Crippen LogP contribution in [0.15, 0.2) is 30.6 Å². The second kappa shape index (κ2) is 5.81. The molecule has 0 unspecified atom stereocenters. The molecule has 2 aromatic rings. The van der Waals surface area contributed by atoms with Crippen molar-refractivity contribution in [3.63, 3.8) is 0 Å². The number of halogens is 3. The molecule has 0 radical (unpaired) electrons. The molecule has 5 nitrogen and oxygen atoms in total. The predicted octanol–water partition coefficient (Wildman–Crippen LogP) is 2.45. The highest BCUT2D eigenvalue weighted by Gasteiger charge is 2.31. The number of aromatic nitrogens is 3. The normalized spacial score (nSPS) is 11.4. The van der Waals surface area contributed by atoms with Crippen LogP contribution in [0.3, 0.4) is 0 Å². The molecule has 2 rings (SSSR count). The molecule has 0 saturated heterocycles. The van der Waals surface area contributed by atoms with Crippen molar-refractivity contribution in [1.82, 2.24) is 14.8 Å². The van der Waals surface area contributed by atoms with Gasteiger partial charge in [-0.2, -0.15) is 18.3 Å². The van der Waals surface area contributed by atoms with E-state index in [0.717, 1.165) is 12.1 Å². The minimum absolute atomic E-state index is 0.168. The molecule has 0 fully saturated rings. The summed E-state index contributed by atoms with van der Waals surface area (Å²) >= 11 is 0. The lowest BCUT2D eigenvalue weighted by molar-refractivity contribution is -0.137. The lowest BCUT2D eigenvalue weighted by Gasteiger charge is -2.12. The number of alkyl halides is 3. The topological polar surface area (TPSA) is 54.8 Å². The summed E-state index contributed by atoms with van der Waals surface area (Å²) in [6, 6.07) is 3.74. The van der Waals surface area contributed by atoms with E-state index in [1.807, 2.05) is 0 Å². The van der Waals surface area contributed by atoms with Crippen molar-refractivity contribution in [2.45, 2.75) is 12.7 Å². The molecule has 0 amide bonds. The van der Waals surface area contributed by atoms with E-state index in [1.165, 1.54) is 7.05 Å². The standard InChI is InChI=1S/C12H14F3N5/c1-16-10-7-9(12(13,14)15)8-11(19-10)17-4-6-20-5-2-3-18-20/h2-3,5,7-8H,4,6H2,1H3,(H2,16,17,19). The summed E-state index contributed by atoms with van der Waals surface area (Å²) in [5, 5.41) is 9.48. The second-order valence-electron chi connectivity index (χ2n) is 4.07. The Morgan fingerprint density at radius 2 is 2.00 bits per heavy atom. The van der Waals surface area contributed by atoms with Crippen molar-refractivity contribution in [1.29, 1.82) is 0 Å². The van der Waals surface area contributed by atoms with Gasteiger partial charge in [-0.3, -0.25) is 4.68 Å². The van der Waals surface area contributed by atoms with Crippen molar-refractivity contribution < 1.29 is 13.2 Å². The van der Waals surface area contributed by atoms with Gasteiger partial charge in [0, 0.05) is 26.0 Å². The third kappa shape index (κ3) is 3.62. The quantitative estimate of drug-likeness (QED) is 0.886. The van der Waals surface area contributed by atoms with Crippen LogP contribution in [0.4, 0.5) is 24.8 Å². The number of nitrogens with zero attached hydrogens (tertiary/aromatic N) is 3. The SMILES string of the molecule is CNc1cc(C(F)(F)F)cc(NCCn2cccn2)n1. The number of pyridine rings is 1. The monoisotopic (exact) mass is 285 g/mol. The summed E-state index contributed by atoms with van der Waals surface area (Å²) in [5.41, 5.74) is -0.738. The first-order chi connectivity index (χ1) is 9.49. The Kier molecular flexibility index (Phi) is 4.11. The Bertz CT molecular complexity index is 551. The van der Waals surface area contributed by atoms with Crippen molar-refractivity contribution in [3.05, 3.63) is 36.2 Å². The third-order valence-corrected chi connectivity index (χ3v) is 2.62. The molecule has 8 heteroatoms. The summed E-state index contributed by atoms with van der Waals surface area (Å²) < 4.78 is 39.9. The summed E-state index contributed by atoms with van der Waals surface area (Å²) in [6.07, 6.45) is -0.977. The zero-order chi connectivity index (χ0) is 14.6. The van der Waals surface area contributed by atoms with Crippen LogP contribution in [0.5, 0.6) is 0 Å². The van der Waals surface area contributed by atoms with Gasteiger partial charge < -0.3 is 10.6 Å². The summed E-state index contributed by atoms with van der Waals surface area (Å²) in [7, 11) is 1.52. The van der Waals surface area contributed by atoms with E-state index in [1.54, 1.807) is 23.1 Å². The van der Waals surface area contributed by atoms with E-state index in [-0.39, 0.29) is 11.6 Å². The van der Waals surface area contributed by atoms with Gasteiger partial charge in [0.05, 0.1) is 12.1 Å². The first kappa shape index (κ1) is 14.2. The third-order valence-electron chi connectivity index (χ3n) is 2.62. The van der Waals surface area contributed by atoms with E-state index >= 15 is 0 Å². The molecule has 0 aliphatic heterocycles. The molecule has 0 spiro atoms. The van der Waals surface area contributed by atoms with Crippen LogP contribution in [0, 0.1) is 0 Å². The van der Waals surface area contributed by atoms with Gasteiger partial charge in [-0.25, -0.2) is 4.98 Å². The fourth-order valence-corrected chi connectivity index (χ4v) is 1.64. The molecule has 0 aliphatic rings. The Morgan fingerprint density at radius 1 is 1.25 bits per heavy atom. The largest absolute Gasteiger partial charge is 0.416 e.